The topological polar surface area (TPSA) is 70.2 Å². The Morgan fingerprint density at radius 2 is 1.92 bits per heavy atom. The highest BCUT2D eigenvalue weighted by Gasteiger charge is 2.17. The van der Waals surface area contributed by atoms with Crippen LogP contribution in [0, 0.1) is 7.05 Å². The molecule has 1 aliphatic heterocycles. The Kier molecular flexibility index (Phi) is 4.01. The van der Waals surface area contributed by atoms with Crippen molar-refractivity contribution in [3.8, 4) is 0 Å². The lowest BCUT2D eigenvalue weighted by molar-refractivity contribution is -0.119. The van der Waals surface area contributed by atoms with Crippen molar-refractivity contribution in [1.29, 1.82) is 0 Å². The number of ketones is 2. The quantitative estimate of drug-likeness (QED) is 0.408. The van der Waals surface area contributed by atoms with Crippen LogP contribution in [0.1, 0.15) is 0 Å². The number of rotatable bonds is 1. The summed E-state index contributed by atoms with van der Waals surface area (Å²) in [4.78, 5) is 22.3. The average molecular weight is 183 g/mol. The molecule has 0 saturated carbocycles. The number of hydrogen-bond acceptors (Lipinski definition) is 5. The number of hydrogen-bond donors (Lipinski definition) is 3. The molecule has 1 fully saturated rings. The average Bonchev–Trinajstić information content (AvgIpc) is 2.18. The molecular weight excluding hydrogens is 170 g/mol. The van der Waals surface area contributed by atoms with Gasteiger partial charge in [-0.05, 0) is 0 Å². The van der Waals surface area contributed by atoms with Crippen molar-refractivity contribution in [2.45, 2.75) is 6.04 Å². The lowest BCUT2D eigenvalue weighted by atomic mass is 10.2. The molecule has 0 aromatic carbocycles. The summed E-state index contributed by atoms with van der Waals surface area (Å²) in [5, 5.41) is 8.01. The zero-order valence-corrected chi connectivity index (χ0v) is 7.30. The van der Waals surface area contributed by atoms with E-state index in [-0.39, 0.29) is 31.2 Å². The Balaban J connectivity index is 2.50. The van der Waals surface area contributed by atoms with Crippen LogP contribution in [0.15, 0.2) is 0 Å². The van der Waals surface area contributed by atoms with Gasteiger partial charge in [0.2, 0.25) is 0 Å². The van der Waals surface area contributed by atoms with Gasteiger partial charge in [0, 0.05) is 13.6 Å². The Hall–Kier alpha value is -0.780. The maximum absolute atomic E-state index is 11.3. The molecule has 1 rings (SSSR count). The largest absolute Gasteiger partial charge is 0.308 e. The van der Waals surface area contributed by atoms with Crippen molar-refractivity contribution in [2.24, 2.45) is 0 Å². The summed E-state index contributed by atoms with van der Waals surface area (Å²) < 4.78 is 0. The molecule has 0 aromatic heterocycles. The Labute approximate surface area is 77.3 Å². The van der Waals surface area contributed by atoms with Gasteiger partial charge in [0.1, 0.15) is 0 Å². The highest BCUT2D eigenvalue weighted by Crippen LogP contribution is 1.86. The molecule has 5 nitrogen and oxygen atoms in total. The third-order valence-electron chi connectivity index (χ3n) is 1.88. The molecular formula is C8H13N3O2. The Morgan fingerprint density at radius 3 is 2.62 bits per heavy atom. The summed E-state index contributed by atoms with van der Waals surface area (Å²) >= 11 is 0. The Morgan fingerprint density at radius 1 is 1.23 bits per heavy atom. The third-order valence-corrected chi connectivity index (χ3v) is 1.88. The second kappa shape index (κ2) is 5.06. The third kappa shape index (κ3) is 3.22. The van der Waals surface area contributed by atoms with E-state index >= 15 is 0 Å². The first-order valence-corrected chi connectivity index (χ1v) is 4.16. The summed E-state index contributed by atoms with van der Waals surface area (Å²) in [5.74, 6) is 0.00942. The van der Waals surface area contributed by atoms with E-state index < -0.39 is 6.04 Å². The molecule has 0 bridgehead atoms. The predicted octanol–water partition coefficient (Wildman–Crippen LogP) is -2.06. The Bertz CT molecular complexity index is 206. The van der Waals surface area contributed by atoms with Gasteiger partial charge in [-0.25, -0.2) is 0 Å². The lowest BCUT2D eigenvalue weighted by Crippen LogP contribution is -2.44. The van der Waals surface area contributed by atoms with Gasteiger partial charge >= 0.3 is 0 Å². The van der Waals surface area contributed by atoms with Gasteiger partial charge in [-0.1, -0.05) is 0 Å². The molecule has 3 N–H and O–H groups in total. The van der Waals surface area contributed by atoms with E-state index in [0.717, 1.165) is 0 Å². The standard InChI is InChI=1S/C8H13N3O2/c1-9-7-4-10-2-6(12)3-11-5-8(7)13/h1,7,9-11H,2-5H2. The molecule has 13 heavy (non-hydrogen) atoms. The van der Waals surface area contributed by atoms with Crippen LogP contribution in [0.3, 0.4) is 0 Å². The summed E-state index contributed by atoms with van der Waals surface area (Å²) in [5.41, 5.74) is 0. The second-order valence-corrected chi connectivity index (χ2v) is 2.96. The van der Waals surface area contributed by atoms with Crippen LogP contribution in [-0.4, -0.2) is 43.8 Å². The van der Waals surface area contributed by atoms with Crippen molar-refractivity contribution in [1.82, 2.24) is 16.0 Å². The highest BCUT2D eigenvalue weighted by atomic mass is 16.1. The zero-order valence-electron chi connectivity index (χ0n) is 7.30. The van der Waals surface area contributed by atoms with Crippen molar-refractivity contribution in [3.05, 3.63) is 7.05 Å². The summed E-state index contributed by atoms with van der Waals surface area (Å²) in [7, 11) is 5.18. The molecule has 0 amide bonds. The molecule has 5 heteroatoms. The van der Waals surface area contributed by atoms with E-state index in [1.54, 1.807) is 0 Å². The fraction of sp³-hybridized carbons (Fsp3) is 0.625. The fourth-order valence-corrected chi connectivity index (χ4v) is 1.13. The molecule has 0 aromatic rings. The van der Waals surface area contributed by atoms with E-state index in [0.29, 0.717) is 6.54 Å². The summed E-state index contributed by atoms with van der Waals surface area (Å²) in [6.07, 6.45) is 0. The minimum atomic E-state index is -0.418. The molecule has 1 unspecified atom stereocenters. The van der Waals surface area contributed by atoms with Crippen LogP contribution in [0.4, 0.5) is 0 Å². The SMILES string of the molecule is [CH]NC1CNCC(=O)CNCC1=O. The van der Waals surface area contributed by atoms with Crippen molar-refractivity contribution >= 4 is 11.6 Å². The molecule has 1 aliphatic rings. The van der Waals surface area contributed by atoms with Gasteiger partial charge in [0.15, 0.2) is 11.6 Å². The van der Waals surface area contributed by atoms with E-state index in [1.807, 2.05) is 0 Å². The van der Waals surface area contributed by atoms with Gasteiger partial charge < -0.3 is 16.0 Å². The minimum Gasteiger partial charge on any atom is -0.308 e. The van der Waals surface area contributed by atoms with E-state index in [4.69, 9.17) is 7.05 Å². The van der Waals surface area contributed by atoms with Crippen molar-refractivity contribution in [2.75, 3.05) is 26.2 Å². The molecule has 2 radical (unpaired) electrons. The van der Waals surface area contributed by atoms with Crippen LogP contribution >= 0.6 is 0 Å². The first kappa shape index (κ1) is 10.3. The maximum atomic E-state index is 11.3. The summed E-state index contributed by atoms with van der Waals surface area (Å²) in [6.45, 7) is 1.08. The van der Waals surface area contributed by atoms with Crippen molar-refractivity contribution in [3.63, 3.8) is 0 Å². The van der Waals surface area contributed by atoms with Gasteiger partial charge in [-0.15, -0.1) is 0 Å². The minimum absolute atomic E-state index is 0.0373. The number of Topliss-reactive ketones (excluding diaryl/α,β-unsaturated/α-hetero) is 2. The van der Waals surface area contributed by atoms with Crippen LogP contribution in [-0.2, 0) is 9.59 Å². The number of nitrogens with one attached hydrogen (secondary N) is 3. The highest BCUT2D eigenvalue weighted by molar-refractivity contribution is 5.88. The molecule has 1 heterocycles. The molecule has 1 saturated heterocycles. The van der Waals surface area contributed by atoms with E-state index in [9.17, 15) is 9.59 Å². The maximum Gasteiger partial charge on any atom is 0.164 e. The smallest absolute Gasteiger partial charge is 0.164 e. The van der Waals surface area contributed by atoms with Gasteiger partial charge in [-0.2, -0.15) is 0 Å². The zero-order chi connectivity index (χ0) is 9.68. The number of carbonyl (C=O) groups is 2. The second-order valence-electron chi connectivity index (χ2n) is 2.96. The van der Waals surface area contributed by atoms with Crippen LogP contribution in [0.2, 0.25) is 0 Å². The van der Waals surface area contributed by atoms with Gasteiger partial charge in [-0.3, -0.25) is 9.59 Å². The normalized spacial score (nSPS) is 26.4. The van der Waals surface area contributed by atoms with Crippen molar-refractivity contribution < 1.29 is 9.59 Å². The monoisotopic (exact) mass is 183 g/mol. The first-order valence-electron chi connectivity index (χ1n) is 4.16. The van der Waals surface area contributed by atoms with Crippen LogP contribution < -0.4 is 16.0 Å². The predicted molar refractivity (Wildman–Crippen MR) is 47.0 cm³/mol. The van der Waals surface area contributed by atoms with Crippen LogP contribution in [0.25, 0.3) is 0 Å². The summed E-state index contributed by atoms with van der Waals surface area (Å²) in [6, 6.07) is -0.418. The molecule has 1 atom stereocenters. The van der Waals surface area contributed by atoms with Crippen LogP contribution in [0.5, 0.6) is 0 Å². The first-order chi connectivity index (χ1) is 6.24. The molecule has 0 spiro atoms. The molecule has 0 aliphatic carbocycles. The number of carbonyl (C=O) groups excluding carboxylic acids is 2. The van der Waals surface area contributed by atoms with E-state index in [2.05, 4.69) is 16.0 Å². The van der Waals surface area contributed by atoms with Gasteiger partial charge in [0.05, 0.1) is 25.7 Å². The fourth-order valence-electron chi connectivity index (χ4n) is 1.13. The van der Waals surface area contributed by atoms with E-state index in [1.165, 1.54) is 0 Å². The van der Waals surface area contributed by atoms with Gasteiger partial charge in [0.25, 0.3) is 0 Å². The molecule has 72 valence electrons. The lowest BCUT2D eigenvalue weighted by Gasteiger charge is -2.12.